The zero-order valence-electron chi connectivity index (χ0n) is 9.02. The SMILES string of the molecule is O=S1CCCCC1c1cc2ccccc2s1. The van der Waals surface area contributed by atoms with Gasteiger partial charge in [-0.15, -0.1) is 11.3 Å². The quantitative estimate of drug-likeness (QED) is 0.751. The number of hydrogen-bond donors (Lipinski definition) is 0. The van der Waals surface area contributed by atoms with Gasteiger partial charge in [-0.05, 0) is 30.4 Å². The van der Waals surface area contributed by atoms with E-state index < -0.39 is 10.8 Å². The number of rotatable bonds is 1. The van der Waals surface area contributed by atoms with Crippen LogP contribution in [0.4, 0.5) is 0 Å². The Morgan fingerprint density at radius 3 is 2.94 bits per heavy atom. The summed E-state index contributed by atoms with van der Waals surface area (Å²) in [6, 6.07) is 10.7. The van der Waals surface area contributed by atoms with Crippen molar-refractivity contribution in [2.24, 2.45) is 0 Å². The fourth-order valence-electron chi connectivity index (χ4n) is 2.28. The summed E-state index contributed by atoms with van der Waals surface area (Å²) in [7, 11) is -0.645. The van der Waals surface area contributed by atoms with Gasteiger partial charge in [-0.1, -0.05) is 24.6 Å². The van der Waals surface area contributed by atoms with Crippen LogP contribution in [0, 0.1) is 0 Å². The smallest absolute Gasteiger partial charge is 0.0691 e. The average molecular weight is 250 g/mol. The normalized spacial score (nSPS) is 26.0. The third kappa shape index (κ3) is 1.82. The summed E-state index contributed by atoms with van der Waals surface area (Å²) in [5, 5.41) is 1.59. The monoisotopic (exact) mass is 250 g/mol. The molecule has 0 amide bonds. The minimum atomic E-state index is -0.645. The maximum Gasteiger partial charge on any atom is 0.0691 e. The minimum absolute atomic E-state index is 0.297. The van der Waals surface area contributed by atoms with Crippen molar-refractivity contribution >= 4 is 32.2 Å². The number of fused-ring (bicyclic) bond motifs is 1. The molecule has 3 rings (SSSR count). The Bertz CT molecular complexity index is 496. The highest BCUT2D eigenvalue weighted by molar-refractivity contribution is 7.85. The van der Waals surface area contributed by atoms with Gasteiger partial charge < -0.3 is 0 Å². The lowest BCUT2D eigenvalue weighted by Crippen LogP contribution is -2.14. The highest BCUT2D eigenvalue weighted by atomic mass is 32.2. The standard InChI is InChI=1S/C13H14OS2/c14-16-8-4-3-7-13(16)12-9-10-5-1-2-6-11(10)15-12/h1-2,5-6,9,13H,3-4,7-8H2. The van der Waals surface area contributed by atoms with E-state index in [-0.39, 0.29) is 0 Å². The van der Waals surface area contributed by atoms with Gasteiger partial charge in [0.15, 0.2) is 0 Å². The van der Waals surface area contributed by atoms with Gasteiger partial charge in [-0.3, -0.25) is 4.21 Å². The summed E-state index contributed by atoms with van der Waals surface area (Å²) in [6.07, 6.45) is 3.46. The molecule has 1 aliphatic rings. The molecule has 84 valence electrons. The Morgan fingerprint density at radius 1 is 1.25 bits per heavy atom. The molecule has 2 atom stereocenters. The van der Waals surface area contributed by atoms with E-state index in [2.05, 4.69) is 30.3 Å². The molecule has 0 saturated carbocycles. The van der Waals surface area contributed by atoms with Gasteiger partial charge in [0.25, 0.3) is 0 Å². The van der Waals surface area contributed by atoms with E-state index in [4.69, 9.17) is 0 Å². The van der Waals surface area contributed by atoms with Crippen molar-refractivity contribution in [3.63, 3.8) is 0 Å². The first-order chi connectivity index (χ1) is 7.84. The van der Waals surface area contributed by atoms with Crippen molar-refractivity contribution < 1.29 is 4.21 Å². The first-order valence-electron chi connectivity index (χ1n) is 5.70. The topological polar surface area (TPSA) is 17.1 Å². The molecule has 3 heteroatoms. The molecule has 0 radical (unpaired) electrons. The Labute approximate surface area is 102 Å². The maximum absolute atomic E-state index is 12.0. The molecular weight excluding hydrogens is 236 g/mol. The van der Waals surface area contributed by atoms with Gasteiger partial charge in [0.2, 0.25) is 0 Å². The molecule has 2 unspecified atom stereocenters. The molecular formula is C13H14OS2. The Kier molecular flexibility index (Phi) is 2.82. The fourth-order valence-corrected chi connectivity index (χ4v) is 5.36. The predicted molar refractivity (Wildman–Crippen MR) is 71.4 cm³/mol. The summed E-state index contributed by atoms with van der Waals surface area (Å²) in [5.41, 5.74) is 0. The molecule has 2 aromatic rings. The van der Waals surface area contributed by atoms with Crippen LogP contribution >= 0.6 is 11.3 Å². The van der Waals surface area contributed by atoms with E-state index >= 15 is 0 Å². The lowest BCUT2D eigenvalue weighted by molar-refractivity contribution is 0.622. The summed E-state index contributed by atoms with van der Waals surface area (Å²) in [6.45, 7) is 0. The van der Waals surface area contributed by atoms with Crippen LogP contribution in [0.15, 0.2) is 30.3 Å². The zero-order chi connectivity index (χ0) is 11.0. The number of benzene rings is 1. The van der Waals surface area contributed by atoms with Gasteiger partial charge >= 0.3 is 0 Å². The lowest BCUT2D eigenvalue weighted by Gasteiger charge is -2.19. The van der Waals surface area contributed by atoms with Crippen LogP contribution in [0.2, 0.25) is 0 Å². The van der Waals surface area contributed by atoms with Gasteiger partial charge in [0, 0.05) is 26.1 Å². The molecule has 1 saturated heterocycles. The van der Waals surface area contributed by atoms with Gasteiger partial charge in [0.1, 0.15) is 0 Å². The third-order valence-corrected chi connectivity index (χ3v) is 6.34. The molecule has 0 spiro atoms. The minimum Gasteiger partial charge on any atom is -0.259 e. The number of hydrogen-bond acceptors (Lipinski definition) is 2. The molecule has 0 N–H and O–H groups in total. The van der Waals surface area contributed by atoms with Crippen LogP contribution in [0.3, 0.4) is 0 Å². The van der Waals surface area contributed by atoms with E-state index in [9.17, 15) is 4.21 Å². The molecule has 1 aromatic heterocycles. The van der Waals surface area contributed by atoms with E-state index in [1.165, 1.54) is 21.4 Å². The van der Waals surface area contributed by atoms with E-state index in [1.807, 2.05) is 11.3 Å². The Balaban J connectivity index is 2.01. The summed E-state index contributed by atoms with van der Waals surface area (Å²) in [4.78, 5) is 1.32. The molecule has 1 fully saturated rings. The largest absolute Gasteiger partial charge is 0.259 e. The van der Waals surface area contributed by atoms with Crippen molar-refractivity contribution in [3.05, 3.63) is 35.2 Å². The first-order valence-corrected chi connectivity index (χ1v) is 7.90. The van der Waals surface area contributed by atoms with E-state index in [0.29, 0.717) is 5.25 Å². The summed E-state index contributed by atoms with van der Waals surface area (Å²) >= 11 is 1.81. The summed E-state index contributed by atoms with van der Waals surface area (Å²) < 4.78 is 13.3. The fraction of sp³-hybridized carbons (Fsp3) is 0.385. The lowest BCUT2D eigenvalue weighted by atomic mass is 10.1. The molecule has 0 bridgehead atoms. The van der Waals surface area contributed by atoms with Crippen LogP contribution in [-0.4, -0.2) is 9.96 Å². The van der Waals surface area contributed by atoms with Crippen LogP contribution in [-0.2, 0) is 10.8 Å². The third-order valence-electron chi connectivity index (χ3n) is 3.14. The maximum atomic E-state index is 12.0. The Morgan fingerprint density at radius 2 is 2.12 bits per heavy atom. The second-order valence-corrected chi connectivity index (χ2v) is 7.11. The van der Waals surface area contributed by atoms with Crippen molar-refractivity contribution in [2.45, 2.75) is 24.5 Å². The molecule has 1 aliphatic heterocycles. The van der Waals surface area contributed by atoms with Gasteiger partial charge in [-0.25, -0.2) is 0 Å². The predicted octanol–water partition coefficient (Wildman–Crippen LogP) is 3.88. The van der Waals surface area contributed by atoms with E-state index in [0.717, 1.165) is 18.6 Å². The zero-order valence-corrected chi connectivity index (χ0v) is 10.7. The molecule has 2 heterocycles. The van der Waals surface area contributed by atoms with Gasteiger partial charge in [0.05, 0.1) is 5.25 Å². The second kappa shape index (κ2) is 4.30. The summed E-state index contributed by atoms with van der Waals surface area (Å²) in [5.74, 6) is 0.888. The van der Waals surface area contributed by atoms with Crippen LogP contribution in [0.1, 0.15) is 29.4 Å². The second-order valence-electron chi connectivity index (χ2n) is 4.26. The molecule has 1 nitrogen and oxygen atoms in total. The molecule has 16 heavy (non-hydrogen) atoms. The van der Waals surface area contributed by atoms with Crippen LogP contribution in [0.5, 0.6) is 0 Å². The van der Waals surface area contributed by atoms with Crippen molar-refractivity contribution in [1.82, 2.24) is 0 Å². The number of thiophene rings is 1. The average Bonchev–Trinajstić information content (AvgIpc) is 2.73. The van der Waals surface area contributed by atoms with Crippen LogP contribution in [0.25, 0.3) is 10.1 Å². The molecule has 0 aliphatic carbocycles. The van der Waals surface area contributed by atoms with Crippen molar-refractivity contribution in [2.75, 3.05) is 5.75 Å². The molecule has 1 aromatic carbocycles. The van der Waals surface area contributed by atoms with E-state index in [1.54, 1.807) is 0 Å². The first kappa shape index (κ1) is 10.5. The Hall–Kier alpha value is -0.670. The highest BCUT2D eigenvalue weighted by Crippen LogP contribution is 2.37. The highest BCUT2D eigenvalue weighted by Gasteiger charge is 2.24. The van der Waals surface area contributed by atoms with Crippen molar-refractivity contribution in [3.8, 4) is 0 Å². The van der Waals surface area contributed by atoms with Crippen LogP contribution < -0.4 is 0 Å². The van der Waals surface area contributed by atoms with Gasteiger partial charge in [-0.2, -0.15) is 0 Å². The van der Waals surface area contributed by atoms with Crippen molar-refractivity contribution in [1.29, 1.82) is 0 Å².